The fourth-order valence-corrected chi connectivity index (χ4v) is 4.09. The second-order valence-electron chi connectivity index (χ2n) is 3.50. The average Bonchev–Trinajstić information content (AvgIpc) is 2.29. The van der Waals surface area contributed by atoms with E-state index >= 15 is 0 Å². The van der Waals surface area contributed by atoms with Crippen molar-refractivity contribution in [2.75, 3.05) is 27.1 Å². The van der Waals surface area contributed by atoms with Crippen molar-refractivity contribution in [1.82, 2.24) is 0 Å². The van der Waals surface area contributed by atoms with E-state index in [2.05, 4.69) is 0 Å². The van der Waals surface area contributed by atoms with Gasteiger partial charge in [-0.05, 0) is 13.3 Å². The Morgan fingerprint density at radius 1 is 1.12 bits per heavy atom. The van der Waals surface area contributed by atoms with Crippen molar-refractivity contribution < 1.29 is 22.9 Å². The fourth-order valence-electron chi connectivity index (χ4n) is 1.29. The van der Waals surface area contributed by atoms with Crippen LogP contribution in [-0.2, 0) is 22.9 Å². The van der Waals surface area contributed by atoms with Crippen LogP contribution in [0.15, 0.2) is 0 Å². The van der Waals surface area contributed by atoms with Crippen LogP contribution in [-0.4, -0.2) is 46.8 Å². The molecule has 7 heteroatoms. The normalized spacial score (nSPS) is 11.5. The first-order chi connectivity index (χ1) is 7.99. The molecule has 0 aromatic carbocycles. The molecule has 5 nitrogen and oxygen atoms in total. The molecular weight excluding hydrogens is 260 g/mol. The molecule has 0 saturated carbocycles. The third kappa shape index (κ3) is 6.94. The molecule has 0 saturated heterocycles. The largest absolute Gasteiger partial charge is 0.500 e. The van der Waals surface area contributed by atoms with E-state index in [1.54, 1.807) is 21.3 Å². The smallest absolute Gasteiger partial charge is 0.377 e. The van der Waals surface area contributed by atoms with Crippen molar-refractivity contribution in [2.45, 2.75) is 25.8 Å². The summed E-state index contributed by atoms with van der Waals surface area (Å²) in [5.74, 6) is 0.550. The molecule has 0 heterocycles. The molecule has 0 rings (SSSR count). The molecule has 0 atom stereocenters. The summed E-state index contributed by atoms with van der Waals surface area (Å²) >= 11 is 1.17. The third-order valence-electron chi connectivity index (χ3n) is 2.22. The first-order valence-corrected chi connectivity index (χ1v) is 8.22. The van der Waals surface area contributed by atoms with Crippen LogP contribution in [0.1, 0.15) is 19.8 Å². The molecule has 0 N–H and O–H groups in total. The van der Waals surface area contributed by atoms with Gasteiger partial charge in [0.25, 0.3) is 0 Å². The van der Waals surface area contributed by atoms with E-state index in [4.69, 9.17) is 13.3 Å². The van der Waals surface area contributed by atoms with Gasteiger partial charge in [-0.1, -0.05) is 11.8 Å². The Hall–Kier alpha value is -0.213. The molecule has 100 valence electrons. The Bertz CT molecular complexity index is 247. The molecule has 0 aliphatic rings. The molecule has 0 aliphatic heterocycles. The van der Waals surface area contributed by atoms with Gasteiger partial charge in [0.1, 0.15) is 5.78 Å². The summed E-state index contributed by atoms with van der Waals surface area (Å²) in [6, 6.07) is 0.664. The summed E-state index contributed by atoms with van der Waals surface area (Å²) in [5, 5.41) is -0.0861. The van der Waals surface area contributed by atoms with Crippen LogP contribution in [0.5, 0.6) is 0 Å². The van der Waals surface area contributed by atoms with Crippen molar-refractivity contribution in [3.05, 3.63) is 0 Å². The van der Waals surface area contributed by atoms with Gasteiger partial charge in [0.2, 0.25) is 0 Å². The maximum Gasteiger partial charge on any atom is 0.500 e. The summed E-state index contributed by atoms with van der Waals surface area (Å²) in [7, 11) is 2.18. The summed E-state index contributed by atoms with van der Waals surface area (Å²) in [4.78, 5) is 21.9. The van der Waals surface area contributed by atoms with E-state index in [0.29, 0.717) is 11.8 Å². The lowest BCUT2D eigenvalue weighted by Crippen LogP contribution is -2.42. The van der Waals surface area contributed by atoms with Gasteiger partial charge in [0, 0.05) is 33.1 Å². The molecule has 17 heavy (non-hydrogen) atoms. The Kier molecular flexibility index (Phi) is 8.71. The SMILES string of the molecule is CO[Si](CCCSC(=O)CC(C)=O)(OC)OC. The van der Waals surface area contributed by atoms with E-state index in [0.717, 1.165) is 6.42 Å². The summed E-state index contributed by atoms with van der Waals surface area (Å²) in [6.45, 7) is 1.41. The molecule has 0 aromatic rings. The van der Waals surface area contributed by atoms with Crippen LogP contribution < -0.4 is 0 Å². The summed E-state index contributed by atoms with van der Waals surface area (Å²) in [5.41, 5.74) is 0. The zero-order valence-corrected chi connectivity index (χ0v) is 12.6. The highest BCUT2D eigenvalue weighted by Gasteiger charge is 2.36. The summed E-state index contributed by atoms with van der Waals surface area (Å²) in [6.07, 6.45) is 0.766. The van der Waals surface area contributed by atoms with Crippen molar-refractivity contribution in [3.8, 4) is 0 Å². The second-order valence-corrected chi connectivity index (χ2v) is 7.74. The second kappa shape index (κ2) is 8.82. The van der Waals surface area contributed by atoms with Crippen LogP contribution in [0.3, 0.4) is 0 Å². The number of hydrogen-bond donors (Lipinski definition) is 0. The van der Waals surface area contributed by atoms with Gasteiger partial charge in [0.15, 0.2) is 5.12 Å². The van der Waals surface area contributed by atoms with Crippen molar-refractivity contribution in [2.24, 2.45) is 0 Å². The highest BCUT2D eigenvalue weighted by Crippen LogP contribution is 2.18. The molecule has 0 bridgehead atoms. The van der Waals surface area contributed by atoms with Crippen molar-refractivity contribution in [1.29, 1.82) is 0 Å². The van der Waals surface area contributed by atoms with E-state index in [-0.39, 0.29) is 17.3 Å². The van der Waals surface area contributed by atoms with Gasteiger partial charge in [0.05, 0.1) is 6.42 Å². The van der Waals surface area contributed by atoms with Gasteiger partial charge in [-0.3, -0.25) is 9.59 Å². The molecule has 0 aliphatic carbocycles. The molecule has 0 aromatic heterocycles. The zero-order chi connectivity index (χ0) is 13.3. The van der Waals surface area contributed by atoms with Crippen LogP contribution in [0.2, 0.25) is 6.04 Å². The Morgan fingerprint density at radius 2 is 1.65 bits per heavy atom. The summed E-state index contributed by atoms with van der Waals surface area (Å²) < 4.78 is 15.8. The number of Topliss-reactive ketones (excluding diaryl/α,β-unsaturated/α-hetero) is 1. The lowest BCUT2D eigenvalue weighted by Gasteiger charge is -2.23. The zero-order valence-electron chi connectivity index (χ0n) is 10.8. The number of ketones is 1. The van der Waals surface area contributed by atoms with Crippen LogP contribution >= 0.6 is 11.8 Å². The number of hydrogen-bond acceptors (Lipinski definition) is 6. The van der Waals surface area contributed by atoms with E-state index < -0.39 is 8.80 Å². The van der Waals surface area contributed by atoms with Gasteiger partial charge >= 0.3 is 8.80 Å². The van der Waals surface area contributed by atoms with Crippen molar-refractivity contribution in [3.63, 3.8) is 0 Å². The first kappa shape index (κ1) is 16.8. The molecule has 0 unspecified atom stereocenters. The average molecular weight is 280 g/mol. The standard InChI is InChI=1S/C10H20O5SSi/c1-9(11)8-10(12)16-6-5-7-17(13-2,14-3)15-4/h5-8H2,1-4H3. The number of carbonyl (C=O) groups is 2. The Balaban J connectivity index is 3.83. The predicted molar refractivity (Wildman–Crippen MR) is 69.0 cm³/mol. The highest BCUT2D eigenvalue weighted by atomic mass is 32.2. The van der Waals surface area contributed by atoms with E-state index in [9.17, 15) is 9.59 Å². The Labute approximate surface area is 108 Å². The topological polar surface area (TPSA) is 61.8 Å². The lowest BCUT2D eigenvalue weighted by molar-refractivity contribution is -0.121. The minimum Gasteiger partial charge on any atom is -0.377 e. The molecule has 0 amide bonds. The van der Waals surface area contributed by atoms with E-state index in [1.807, 2.05) is 0 Å². The lowest BCUT2D eigenvalue weighted by atomic mass is 10.3. The maximum atomic E-state index is 11.2. The monoisotopic (exact) mass is 280 g/mol. The van der Waals surface area contributed by atoms with Gasteiger partial charge < -0.3 is 13.3 Å². The number of thioether (sulfide) groups is 1. The quantitative estimate of drug-likeness (QED) is 0.362. The molecule has 0 radical (unpaired) electrons. The minimum atomic E-state index is -2.51. The van der Waals surface area contributed by atoms with Crippen LogP contribution in [0, 0.1) is 0 Å². The minimum absolute atomic E-state index is 0.00602. The van der Waals surface area contributed by atoms with Gasteiger partial charge in [-0.15, -0.1) is 0 Å². The molecule has 0 fully saturated rings. The molecular formula is C10H20O5SSi. The number of rotatable bonds is 9. The van der Waals surface area contributed by atoms with E-state index in [1.165, 1.54) is 18.7 Å². The van der Waals surface area contributed by atoms with Gasteiger partial charge in [-0.2, -0.15) is 0 Å². The van der Waals surface area contributed by atoms with Gasteiger partial charge in [-0.25, -0.2) is 0 Å². The van der Waals surface area contributed by atoms with Crippen LogP contribution in [0.25, 0.3) is 0 Å². The predicted octanol–water partition coefficient (Wildman–Crippen LogP) is 1.49. The highest BCUT2D eigenvalue weighted by molar-refractivity contribution is 8.13. The molecule has 0 spiro atoms. The number of carbonyl (C=O) groups excluding carboxylic acids is 2. The third-order valence-corrected chi connectivity index (χ3v) is 6.01. The van der Waals surface area contributed by atoms with Crippen LogP contribution in [0.4, 0.5) is 0 Å². The Morgan fingerprint density at radius 3 is 2.06 bits per heavy atom. The fraction of sp³-hybridized carbons (Fsp3) is 0.800. The first-order valence-electron chi connectivity index (χ1n) is 5.30. The maximum absolute atomic E-state index is 11.2. The van der Waals surface area contributed by atoms with Crippen molar-refractivity contribution >= 4 is 31.5 Å².